The van der Waals surface area contributed by atoms with Crippen LogP contribution in [0.25, 0.3) is 0 Å². The fraction of sp³-hybridized carbons (Fsp3) is 0.308. The molecule has 0 fully saturated rings. The second-order valence-corrected chi connectivity index (χ2v) is 10.7. The van der Waals surface area contributed by atoms with E-state index < -0.39 is 34.7 Å². The van der Waals surface area contributed by atoms with E-state index in [9.17, 15) is 19.2 Å². The van der Waals surface area contributed by atoms with Crippen molar-refractivity contribution in [2.24, 2.45) is 10.8 Å². The topological polar surface area (TPSA) is 105 Å². The van der Waals surface area contributed by atoms with Crippen LogP contribution >= 0.6 is 22.7 Å². The van der Waals surface area contributed by atoms with Crippen LogP contribution in [0.1, 0.15) is 48.4 Å². The second-order valence-electron chi connectivity index (χ2n) is 9.17. The fourth-order valence-corrected chi connectivity index (χ4v) is 3.88. The largest absolute Gasteiger partial charge is 0.461 e. The highest BCUT2D eigenvalue weighted by atomic mass is 32.1. The molecule has 2 aromatic heterocycles. The molecule has 10 heteroatoms. The summed E-state index contributed by atoms with van der Waals surface area (Å²) in [5, 5.41) is 6.82. The van der Waals surface area contributed by atoms with Gasteiger partial charge in [0.1, 0.15) is 13.2 Å². The number of rotatable bonds is 10. The summed E-state index contributed by atoms with van der Waals surface area (Å²) in [6.07, 6.45) is 0. The van der Waals surface area contributed by atoms with Crippen LogP contribution in [0.15, 0.2) is 57.9 Å². The van der Waals surface area contributed by atoms with Crippen molar-refractivity contribution in [3.63, 3.8) is 0 Å². The van der Waals surface area contributed by atoms with Gasteiger partial charge in [-0.15, -0.1) is 0 Å². The van der Waals surface area contributed by atoms with Gasteiger partial charge in [0.2, 0.25) is 0 Å². The Balaban J connectivity index is 1.60. The maximum Gasteiger partial charge on any atom is 0.339 e. The minimum atomic E-state index is -1.17. The number of carbonyl (C=O) groups excluding carboxylic acids is 4. The fourth-order valence-electron chi connectivity index (χ4n) is 2.63. The molecule has 2 heterocycles. The molecule has 0 bridgehead atoms. The van der Waals surface area contributed by atoms with Gasteiger partial charge in [0, 0.05) is 10.8 Å². The van der Waals surface area contributed by atoms with E-state index in [1.807, 2.05) is 0 Å². The zero-order valence-electron chi connectivity index (χ0n) is 20.3. The molecule has 190 valence electrons. The standard InChI is InChI=1S/C26H26O8S2/c1-25(2,15-31-21(27)17-9-11-35-13-17)23(29)33-19-7-5-6-8-20(19)34-24(30)26(3,4)16-32-22(28)18-10-12-36-14-18/h5-14H,15-16H2,1-4H3. The molecule has 0 amide bonds. The molecule has 0 spiro atoms. The van der Waals surface area contributed by atoms with Crippen molar-refractivity contribution in [2.75, 3.05) is 13.2 Å². The summed E-state index contributed by atoms with van der Waals surface area (Å²) in [6.45, 7) is 5.91. The summed E-state index contributed by atoms with van der Waals surface area (Å²) in [4.78, 5) is 49.9. The van der Waals surface area contributed by atoms with E-state index >= 15 is 0 Å². The summed E-state index contributed by atoms with van der Waals surface area (Å²) < 4.78 is 21.5. The average Bonchev–Trinajstić information content (AvgIpc) is 3.57. The van der Waals surface area contributed by atoms with E-state index in [0.29, 0.717) is 11.1 Å². The van der Waals surface area contributed by atoms with E-state index in [4.69, 9.17) is 18.9 Å². The zero-order chi connectivity index (χ0) is 26.3. The molecular formula is C26H26O8S2. The van der Waals surface area contributed by atoms with Gasteiger partial charge in [-0.05, 0) is 62.7 Å². The lowest BCUT2D eigenvalue weighted by atomic mass is 9.95. The van der Waals surface area contributed by atoms with Gasteiger partial charge in [-0.1, -0.05) is 12.1 Å². The Kier molecular flexibility index (Phi) is 8.65. The second kappa shape index (κ2) is 11.5. The third kappa shape index (κ3) is 7.02. The molecule has 0 atom stereocenters. The molecule has 3 rings (SSSR count). The molecule has 8 nitrogen and oxygen atoms in total. The highest BCUT2D eigenvalue weighted by molar-refractivity contribution is 7.08. The van der Waals surface area contributed by atoms with Crippen molar-refractivity contribution in [2.45, 2.75) is 27.7 Å². The van der Waals surface area contributed by atoms with Crippen molar-refractivity contribution < 1.29 is 38.1 Å². The minimum Gasteiger partial charge on any atom is -0.461 e. The Bertz CT molecular complexity index is 1120. The van der Waals surface area contributed by atoms with E-state index in [0.717, 1.165) is 0 Å². The third-order valence-corrected chi connectivity index (χ3v) is 6.37. The molecule has 0 aliphatic carbocycles. The summed E-state index contributed by atoms with van der Waals surface area (Å²) in [5.74, 6) is -2.36. The zero-order valence-corrected chi connectivity index (χ0v) is 21.9. The van der Waals surface area contributed by atoms with Crippen LogP contribution in [0.2, 0.25) is 0 Å². The average molecular weight is 531 g/mol. The summed E-state index contributed by atoms with van der Waals surface area (Å²) in [6, 6.07) is 9.48. The quantitative estimate of drug-likeness (QED) is 0.254. The first-order chi connectivity index (χ1) is 17.0. The molecule has 36 heavy (non-hydrogen) atoms. The lowest BCUT2D eigenvalue weighted by Gasteiger charge is -2.24. The number of ether oxygens (including phenoxy) is 4. The van der Waals surface area contributed by atoms with Crippen LogP contribution in [-0.2, 0) is 19.1 Å². The van der Waals surface area contributed by atoms with Gasteiger partial charge in [0.15, 0.2) is 11.5 Å². The Morgan fingerprint density at radius 3 is 1.39 bits per heavy atom. The van der Waals surface area contributed by atoms with Crippen LogP contribution in [-0.4, -0.2) is 37.1 Å². The number of para-hydroxylation sites is 2. The van der Waals surface area contributed by atoms with Crippen molar-refractivity contribution in [3.05, 3.63) is 69.0 Å². The number of hydrogen-bond donors (Lipinski definition) is 0. The van der Waals surface area contributed by atoms with Gasteiger partial charge < -0.3 is 18.9 Å². The molecule has 0 unspecified atom stereocenters. The van der Waals surface area contributed by atoms with Gasteiger partial charge in [-0.25, -0.2) is 9.59 Å². The molecular weight excluding hydrogens is 504 g/mol. The Hall–Kier alpha value is -3.50. The maximum atomic E-state index is 12.8. The highest BCUT2D eigenvalue weighted by Gasteiger charge is 2.35. The number of esters is 4. The van der Waals surface area contributed by atoms with E-state index in [-0.39, 0.29) is 24.7 Å². The summed E-state index contributed by atoms with van der Waals surface area (Å²) in [7, 11) is 0. The van der Waals surface area contributed by atoms with Crippen LogP contribution in [0.4, 0.5) is 0 Å². The van der Waals surface area contributed by atoms with E-state index in [2.05, 4.69) is 0 Å². The summed E-state index contributed by atoms with van der Waals surface area (Å²) >= 11 is 2.73. The van der Waals surface area contributed by atoms with Crippen molar-refractivity contribution in [1.82, 2.24) is 0 Å². The smallest absolute Gasteiger partial charge is 0.339 e. The highest BCUT2D eigenvalue weighted by Crippen LogP contribution is 2.32. The number of hydrogen-bond acceptors (Lipinski definition) is 10. The first kappa shape index (κ1) is 27.1. The van der Waals surface area contributed by atoms with Crippen LogP contribution in [0.5, 0.6) is 11.5 Å². The number of carbonyl (C=O) groups is 4. The van der Waals surface area contributed by atoms with Crippen LogP contribution in [0, 0.1) is 10.8 Å². The van der Waals surface area contributed by atoms with Crippen molar-refractivity contribution in [1.29, 1.82) is 0 Å². The molecule has 0 N–H and O–H groups in total. The lowest BCUT2D eigenvalue weighted by molar-refractivity contribution is -0.149. The number of benzene rings is 1. The van der Waals surface area contributed by atoms with Gasteiger partial charge in [-0.3, -0.25) is 9.59 Å². The Labute approximate surface area is 216 Å². The Morgan fingerprint density at radius 1 is 0.667 bits per heavy atom. The van der Waals surface area contributed by atoms with Crippen LogP contribution < -0.4 is 9.47 Å². The molecule has 3 aromatic rings. The van der Waals surface area contributed by atoms with Gasteiger partial charge >= 0.3 is 23.9 Å². The monoisotopic (exact) mass is 530 g/mol. The SMILES string of the molecule is CC(C)(COC(=O)c1ccsc1)C(=O)Oc1ccccc1OC(=O)C(C)(C)COC(=O)c1ccsc1. The van der Waals surface area contributed by atoms with E-state index in [1.54, 1.807) is 73.5 Å². The molecule has 0 saturated heterocycles. The van der Waals surface area contributed by atoms with Crippen molar-refractivity contribution in [3.8, 4) is 11.5 Å². The molecule has 0 saturated carbocycles. The first-order valence-electron chi connectivity index (χ1n) is 10.9. The predicted molar refractivity (Wildman–Crippen MR) is 134 cm³/mol. The lowest BCUT2D eigenvalue weighted by Crippen LogP contribution is -2.35. The molecule has 0 aliphatic heterocycles. The molecule has 1 aromatic carbocycles. The van der Waals surface area contributed by atoms with Gasteiger partial charge in [-0.2, -0.15) is 22.7 Å². The Morgan fingerprint density at radius 2 is 1.06 bits per heavy atom. The summed E-state index contributed by atoms with van der Waals surface area (Å²) in [5.41, 5.74) is -1.52. The van der Waals surface area contributed by atoms with Gasteiger partial charge in [0.05, 0.1) is 22.0 Å². The van der Waals surface area contributed by atoms with E-state index in [1.165, 1.54) is 34.8 Å². The minimum absolute atomic E-state index is 0.0270. The third-order valence-electron chi connectivity index (χ3n) is 5.00. The predicted octanol–water partition coefficient (Wildman–Crippen LogP) is 5.39. The van der Waals surface area contributed by atoms with Crippen molar-refractivity contribution >= 4 is 46.6 Å². The van der Waals surface area contributed by atoms with Gasteiger partial charge in [0.25, 0.3) is 0 Å². The molecule has 0 aliphatic rings. The van der Waals surface area contributed by atoms with Crippen LogP contribution in [0.3, 0.4) is 0 Å². The molecule has 0 radical (unpaired) electrons. The maximum absolute atomic E-state index is 12.8. The normalized spacial score (nSPS) is 11.4. The number of thiophene rings is 2. The first-order valence-corrected chi connectivity index (χ1v) is 12.8.